The average Bonchev–Trinajstić information content (AvgIpc) is 2.77. The molecule has 0 atom stereocenters. The summed E-state index contributed by atoms with van der Waals surface area (Å²) < 4.78 is 0. The van der Waals surface area contributed by atoms with Crippen LogP contribution in [0.5, 0.6) is 0 Å². The van der Waals surface area contributed by atoms with Crippen molar-refractivity contribution in [3.05, 3.63) is 103 Å². The van der Waals surface area contributed by atoms with E-state index in [4.69, 9.17) is 0 Å². The van der Waals surface area contributed by atoms with E-state index < -0.39 is 7.92 Å². The van der Waals surface area contributed by atoms with E-state index in [-0.39, 0.29) is 0 Å². The molecule has 0 radical (unpaired) electrons. The normalized spacial score (nSPS) is 10.7. The molecular formula is C27H33P. The highest BCUT2D eigenvalue weighted by molar-refractivity contribution is 7.79. The lowest BCUT2D eigenvalue weighted by Crippen LogP contribution is -2.20. The van der Waals surface area contributed by atoms with Gasteiger partial charge < -0.3 is 0 Å². The van der Waals surface area contributed by atoms with Crippen LogP contribution in [0.1, 0.15) is 46.0 Å². The second-order valence-corrected chi connectivity index (χ2v) is 8.94. The maximum Gasteiger partial charge on any atom is -0.0134 e. The Bertz CT molecular complexity index is 669. The summed E-state index contributed by atoms with van der Waals surface area (Å²) in [5.41, 5.74) is 0. The average molecular weight is 389 g/mol. The topological polar surface area (TPSA) is 0 Å². The maximum atomic E-state index is 2.29. The zero-order valence-electron chi connectivity index (χ0n) is 17.3. The zero-order chi connectivity index (χ0) is 19.9. The molecular weight excluding hydrogens is 355 g/mol. The van der Waals surface area contributed by atoms with Crippen LogP contribution in [0, 0.1) is 0 Å². The number of rotatable bonds is 8. The molecule has 1 heteroatoms. The first-order valence-corrected chi connectivity index (χ1v) is 11.8. The fourth-order valence-corrected chi connectivity index (χ4v) is 5.28. The molecule has 28 heavy (non-hydrogen) atoms. The Labute approximate surface area is 173 Å². The Morgan fingerprint density at radius 3 is 1.36 bits per heavy atom. The first-order valence-electron chi connectivity index (χ1n) is 10.5. The van der Waals surface area contributed by atoms with Crippen LogP contribution in [0.3, 0.4) is 0 Å². The largest absolute Gasteiger partial charge is 0.0888 e. The molecule has 3 rings (SSSR count). The van der Waals surface area contributed by atoms with Crippen molar-refractivity contribution in [2.45, 2.75) is 46.0 Å². The van der Waals surface area contributed by atoms with Crippen molar-refractivity contribution in [2.24, 2.45) is 0 Å². The highest BCUT2D eigenvalue weighted by Crippen LogP contribution is 2.32. The fourth-order valence-electron chi connectivity index (χ4n) is 2.98. The van der Waals surface area contributed by atoms with Crippen LogP contribution in [0.4, 0.5) is 0 Å². The van der Waals surface area contributed by atoms with Crippen LogP contribution in [-0.2, 0) is 0 Å². The van der Waals surface area contributed by atoms with Crippen molar-refractivity contribution >= 4 is 23.8 Å². The van der Waals surface area contributed by atoms with Crippen molar-refractivity contribution in [3.8, 4) is 0 Å². The van der Waals surface area contributed by atoms with Gasteiger partial charge in [0, 0.05) is 0 Å². The second-order valence-electron chi connectivity index (χ2n) is 6.72. The maximum absolute atomic E-state index is 2.29. The predicted octanol–water partition coefficient (Wildman–Crippen LogP) is 6.98. The molecule has 0 saturated heterocycles. The van der Waals surface area contributed by atoms with Gasteiger partial charge in [-0.05, 0) is 43.1 Å². The molecule has 0 aromatic heterocycles. The van der Waals surface area contributed by atoms with Crippen LogP contribution in [-0.4, -0.2) is 0 Å². The summed E-state index contributed by atoms with van der Waals surface area (Å²) in [6.07, 6.45) is 11.1. The Hall–Kier alpha value is -2.17. The molecule has 0 spiro atoms. The molecule has 3 aromatic rings. The quantitative estimate of drug-likeness (QED) is 0.222. The standard InChI is InChI=1S/C18H15P.C9H18/c1-4-10-16(11-5-1)19(17-12-6-2-7-13-17)18-14-8-3-9-15-18;1-3-5-7-9-8-6-4-2/h1-15H;5,7H,3-4,6,8-9H2,1-2H3/b;7-5-. The number of unbranched alkanes of at least 4 members (excludes halogenated alkanes) is 3. The van der Waals surface area contributed by atoms with Crippen LogP contribution in [0.15, 0.2) is 103 Å². The molecule has 0 saturated carbocycles. The van der Waals surface area contributed by atoms with E-state index >= 15 is 0 Å². The zero-order valence-corrected chi connectivity index (χ0v) is 18.2. The van der Waals surface area contributed by atoms with Crippen molar-refractivity contribution in [3.63, 3.8) is 0 Å². The predicted molar refractivity (Wildman–Crippen MR) is 129 cm³/mol. The van der Waals surface area contributed by atoms with Gasteiger partial charge in [0.25, 0.3) is 0 Å². The molecule has 0 N–H and O–H groups in total. The lowest BCUT2D eigenvalue weighted by atomic mass is 10.2. The van der Waals surface area contributed by atoms with Gasteiger partial charge in [0.2, 0.25) is 0 Å². The third kappa shape index (κ3) is 7.83. The number of allylic oxidation sites excluding steroid dienone is 2. The lowest BCUT2D eigenvalue weighted by Gasteiger charge is -2.18. The van der Waals surface area contributed by atoms with Crippen LogP contribution in [0.2, 0.25) is 0 Å². The van der Waals surface area contributed by atoms with Crippen LogP contribution in [0.25, 0.3) is 0 Å². The smallest absolute Gasteiger partial charge is 0.0134 e. The highest BCUT2D eigenvalue weighted by Gasteiger charge is 2.14. The Kier molecular flexibility index (Phi) is 11.0. The van der Waals surface area contributed by atoms with Gasteiger partial charge in [-0.1, -0.05) is 130 Å². The summed E-state index contributed by atoms with van der Waals surface area (Å²) in [5.74, 6) is 0. The summed E-state index contributed by atoms with van der Waals surface area (Å²) in [6.45, 7) is 4.42. The molecule has 0 aliphatic heterocycles. The van der Waals surface area contributed by atoms with Crippen LogP contribution < -0.4 is 15.9 Å². The first-order chi connectivity index (χ1) is 13.9. The number of hydrogen-bond acceptors (Lipinski definition) is 0. The summed E-state index contributed by atoms with van der Waals surface area (Å²) in [5, 5.41) is 4.19. The van der Waals surface area contributed by atoms with Gasteiger partial charge in [0.1, 0.15) is 0 Å². The summed E-state index contributed by atoms with van der Waals surface area (Å²) in [6, 6.07) is 32.3. The molecule has 0 aliphatic rings. The highest BCUT2D eigenvalue weighted by atomic mass is 31.1. The van der Waals surface area contributed by atoms with Gasteiger partial charge in [-0.15, -0.1) is 0 Å². The van der Waals surface area contributed by atoms with E-state index in [1.54, 1.807) is 0 Å². The summed E-state index contributed by atoms with van der Waals surface area (Å²) in [7, 11) is -0.446. The molecule has 0 amide bonds. The first kappa shape index (κ1) is 22.1. The third-order valence-corrected chi connectivity index (χ3v) is 6.86. The molecule has 146 valence electrons. The third-order valence-electron chi connectivity index (χ3n) is 4.42. The molecule has 3 aromatic carbocycles. The van der Waals surface area contributed by atoms with E-state index in [1.165, 1.54) is 48.0 Å². The molecule has 0 heterocycles. The minimum Gasteiger partial charge on any atom is -0.0888 e. The molecule has 0 unspecified atom stereocenters. The van der Waals surface area contributed by atoms with Gasteiger partial charge >= 0.3 is 0 Å². The Morgan fingerprint density at radius 1 is 0.571 bits per heavy atom. The number of benzene rings is 3. The molecule has 0 bridgehead atoms. The minimum atomic E-state index is -0.446. The second kappa shape index (κ2) is 13.9. The van der Waals surface area contributed by atoms with Crippen molar-refractivity contribution in [2.75, 3.05) is 0 Å². The lowest BCUT2D eigenvalue weighted by molar-refractivity contribution is 0.728. The van der Waals surface area contributed by atoms with E-state index in [9.17, 15) is 0 Å². The Balaban J connectivity index is 0.000000266. The van der Waals surface area contributed by atoms with E-state index in [2.05, 4.69) is 117 Å². The van der Waals surface area contributed by atoms with Gasteiger partial charge in [-0.25, -0.2) is 0 Å². The summed E-state index contributed by atoms with van der Waals surface area (Å²) in [4.78, 5) is 0. The SMILES string of the molecule is CC/C=C\CCCCC.c1ccc(P(c2ccccc2)c2ccccc2)cc1. The van der Waals surface area contributed by atoms with Crippen LogP contribution >= 0.6 is 7.92 Å². The monoisotopic (exact) mass is 388 g/mol. The number of hydrogen-bond donors (Lipinski definition) is 0. The van der Waals surface area contributed by atoms with E-state index in [0.717, 1.165) is 0 Å². The Morgan fingerprint density at radius 2 is 1.00 bits per heavy atom. The van der Waals surface area contributed by atoms with Gasteiger partial charge in [0.15, 0.2) is 0 Å². The molecule has 0 nitrogen and oxygen atoms in total. The molecule has 0 fully saturated rings. The van der Waals surface area contributed by atoms with E-state index in [0.29, 0.717) is 0 Å². The summed E-state index contributed by atoms with van der Waals surface area (Å²) >= 11 is 0. The van der Waals surface area contributed by atoms with Gasteiger partial charge in [0.05, 0.1) is 0 Å². The van der Waals surface area contributed by atoms with E-state index in [1.807, 2.05) is 0 Å². The van der Waals surface area contributed by atoms with Crippen molar-refractivity contribution in [1.82, 2.24) is 0 Å². The van der Waals surface area contributed by atoms with Crippen molar-refractivity contribution in [1.29, 1.82) is 0 Å². The fraction of sp³-hybridized carbons (Fsp3) is 0.259. The van der Waals surface area contributed by atoms with Crippen molar-refractivity contribution < 1.29 is 0 Å². The molecule has 0 aliphatic carbocycles. The van der Waals surface area contributed by atoms with Gasteiger partial charge in [-0.2, -0.15) is 0 Å². The van der Waals surface area contributed by atoms with Gasteiger partial charge in [-0.3, -0.25) is 0 Å². The minimum absolute atomic E-state index is 0.446.